The molecule has 204 valence electrons. The zero-order valence-electron chi connectivity index (χ0n) is 23.1. The summed E-state index contributed by atoms with van der Waals surface area (Å²) in [7, 11) is -3.34. The highest BCUT2D eigenvalue weighted by atomic mass is 28.3. The lowest BCUT2D eigenvalue weighted by atomic mass is 10.2. The quantitative estimate of drug-likeness (QED) is 0.269. The molecule has 43 heavy (non-hydrogen) atoms. The van der Waals surface area contributed by atoms with Crippen molar-refractivity contribution in [3.63, 3.8) is 0 Å². The van der Waals surface area contributed by atoms with Crippen molar-refractivity contribution in [1.82, 2.24) is 34.9 Å². The zero-order chi connectivity index (χ0) is 28.9. The van der Waals surface area contributed by atoms with Crippen LogP contribution in [0.5, 0.6) is 0 Å². The average Bonchev–Trinajstić information content (AvgIpc) is 3.11. The number of hydrogen-bond donors (Lipinski definition) is 0. The SMILES string of the molecule is c1ccc(-c2cncc([Si](c3ccccc3)(c3cncc(-c4ccccc4)n3)c3cncc(-c4ccccn4)n3)n2)cc1. The summed E-state index contributed by atoms with van der Waals surface area (Å²) in [5.41, 5.74) is 4.90. The van der Waals surface area contributed by atoms with Crippen molar-refractivity contribution in [2.75, 3.05) is 0 Å². The predicted octanol–water partition coefficient (Wildman–Crippen LogP) is 3.83. The molecule has 0 atom stereocenters. The minimum Gasteiger partial charge on any atom is -0.261 e. The van der Waals surface area contributed by atoms with E-state index in [1.807, 2.05) is 116 Å². The molecule has 0 radical (unpaired) electrons. The second kappa shape index (κ2) is 11.6. The maximum Gasteiger partial charge on any atom is 0.249 e. The monoisotopic (exact) mass is 571 g/mol. The van der Waals surface area contributed by atoms with Crippen LogP contribution in [0.4, 0.5) is 0 Å². The lowest BCUT2D eigenvalue weighted by molar-refractivity contribution is 1.19. The van der Waals surface area contributed by atoms with Crippen molar-refractivity contribution >= 4 is 29.2 Å². The normalized spacial score (nSPS) is 11.3. The van der Waals surface area contributed by atoms with Gasteiger partial charge in [-0.2, -0.15) is 0 Å². The Balaban J connectivity index is 1.56. The first-order valence-corrected chi connectivity index (χ1v) is 15.9. The Kier molecular flexibility index (Phi) is 7.08. The molecule has 0 saturated heterocycles. The van der Waals surface area contributed by atoms with Crippen molar-refractivity contribution in [3.8, 4) is 33.9 Å². The van der Waals surface area contributed by atoms with Crippen LogP contribution in [-0.4, -0.2) is 43.0 Å². The largest absolute Gasteiger partial charge is 0.261 e. The molecule has 0 amide bonds. The van der Waals surface area contributed by atoms with Gasteiger partial charge in [0.1, 0.15) is 5.69 Å². The van der Waals surface area contributed by atoms with Crippen molar-refractivity contribution in [2.45, 2.75) is 0 Å². The fourth-order valence-electron chi connectivity index (χ4n) is 5.30. The van der Waals surface area contributed by atoms with Crippen molar-refractivity contribution in [2.24, 2.45) is 0 Å². The van der Waals surface area contributed by atoms with Crippen LogP contribution < -0.4 is 21.1 Å². The molecule has 3 aromatic carbocycles. The predicted molar refractivity (Wildman–Crippen MR) is 171 cm³/mol. The van der Waals surface area contributed by atoms with Crippen LogP contribution in [0.2, 0.25) is 0 Å². The van der Waals surface area contributed by atoms with E-state index in [4.69, 9.17) is 29.9 Å². The van der Waals surface area contributed by atoms with Gasteiger partial charge in [-0.15, -0.1) is 0 Å². The van der Waals surface area contributed by atoms with E-state index in [2.05, 4.69) is 17.1 Å². The molecule has 0 aliphatic carbocycles. The van der Waals surface area contributed by atoms with E-state index in [0.717, 1.165) is 49.3 Å². The van der Waals surface area contributed by atoms with Crippen molar-refractivity contribution in [1.29, 1.82) is 0 Å². The van der Waals surface area contributed by atoms with E-state index < -0.39 is 8.07 Å². The molecule has 4 heterocycles. The first-order chi connectivity index (χ1) is 21.3. The molecule has 7 aromatic rings. The van der Waals surface area contributed by atoms with Gasteiger partial charge >= 0.3 is 0 Å². The van der Waals surface area contributed by atoms with E-state index >= 15 is 0 Å². The number of nitrogens with zero attached hydrogens (tertiary/aromatic N) is 7. The minimum atomic E-state index is -3.34. The van der Waals surface area contributed by atoms with E-state index in [-0.39, 0.29) is 0 Å². The third kappa shape index (κ3) is 5.00. The number of benzene rings is 3. The van der Waals surface area contributed by atoms with Gasteiger partial charge in [-0.3, -0.25) is 34.9 Å². The molecule has 4 aromatic heterocycles. The van der Waals surface area contributed by atoms with Crippen LogP contribution in [-0.2, 0) is 0 Å². The Bertz CT molecular complexity index is 1770. The fraction of sp³-hybridized carbons (Fsp3) is 0. The first-order valence-electron chi connectivity index (χ1n) is 13.9. The summed E-state index contributed by atoms with van der Waals surface area (Å²) in [6.45, 7) is 0. The summed E-state index contributed by atoms with van der Waals surface area (Å²) in [5.74, 6) is 0. The summed E-state index contributed by atoms with van der Waals surface area (Å²) in [6, 6.07) is 36.2. The van der Waals surface area contributed by atoms with Crippen LogP contribution in [0, 0.1) is 0 Å². The highest BCUT2D eigenvalue weighted by Crippen LogP contribution is 2.18. The molecule has 8 heteroatoms. The lowest BCUT2D eigenvalue weighted by Gasteiger charge is -2.30. The molecular formula is C35H25N7Si. The van der Waals surface area contributed by atoms with Gasteiger partial charge in [-0.05, 0) is 17.3 Å². The molecule has 0 spiro atoms. The second-order valence-corrected chi connectivity index (χ2v) is 13.5. The lowest BCUT2D eigenvalue weighted by Crippen LogP contribution is -2.77. The van der Waals surface area contributed by atoms with Crippen LogP contribution in [0.3, 0.4) is 0 Å². The Morgan fingerprint density at radius 2 is 0.814 bits per heavy atom. The second-order valence-electron chi connectivity index (χ2n) is 9.93. The number of aromatic nitrogens is 7. The van der Waals surface area contributed by atoms with Crippen LogP contribution in [0.15, 0.2) is 153 Å². The number of hydrogen-bond acceptors (Lipinski definition) is 7. The third-order valence-electron chi connectivity index (χ3n) is 7.33. The molecule has 0 unspecified atom stereocenters. The topological polar surface area (TPSA) is 90.2 Å². The molecule has 7 rings (SSSR count). The fourth-order valence-corrected chi connectivity index (χ4v) is 9.34. The third-order valence-corrected chi connectivity index (χ3v) is 11.6. The first kappa shape index (κ1) is 26.2. The number of rotatable bonds is 7. The molecule has 0 N–H and O–H groups in total. The maximum atomic E-state index is 5.30. The summed E-state index contributed by atoms with van der Waals surface area (Å²) >= 11 is 0. The van der Waals surface area contributed by atoms with Gasteiger partial charge in [0.05, 0.1) is 51.6 Å². The molecule has 0 fully saturated rings. The summed E-state index contributed by atoms with van der Waals surface area (Å²) in [6.07, 6.45) is 12.6. The summed E-state index contributed by atoms with van der Waals surface area (Å²) in [4.78, 5) is 34.6. The molecule has 0 saturated carbocycles. The Morgan fingerprint density at radius 3 is 1.30 bits per heavy atom. The molecular weight excluding hydrogens is 547 g/mol. The van der Waals surface area contributed by atoms with Gasteiger partial charge in [-0.1, -0.05) is 97.1 Å². The van der Waals surface area contributed by atoms with Gasteiger partial charge in [0.2, 0.25) is 8.07 Å². The van der Waals surface area contributed by atoms with Crippen molar-refractivity contribution < 1.29 is 0 Å². The maximum absolute atomic E-state index is 5.30. The zero-order valence-corrected chi connectivity index (χ0v) is 24.1. The summed E-state index contributed by atoms with van der Waals surface area (Å²) in [5, 5.41) is 3.38. The van der Waals surface area contributed by atoms with Crippen LogP contribution >= 0.6 is 0 Å². The smallest absolute Gasteiger partial charge is 0.249 e. The van der Waals surface area contributed by atoms with Gasteiger partial charge in [0.25, 0.3) is 0 Å². The summed E-state index contributed by atoms with van der Waals surface area (Å²) < 4.78 is 0. The van der Waals surface area contributed by atoms with Crippen LogP contribution in [0.25, 0.3) is 33.9 Å². The number of pyridine rings is 1. The average molecular weight is 572 g/mol. The molecule has 0 aliphatic heterocycles. The van der Waals surface area contributed by atoms with E-state index in [1.54, 1.807) is 24.8 Å². The molecule has 7 nitrogen and oxygen atoms in total. The molecule has 0 bridgehead atoms. The van der Waals surface area contributed by atoms with E-state index in [0.29, 0.717) is 5.69 Å². The van der Waals surface area contributed by atoms with E-state index in [9.17, 15) is 0 Å². The Morgan fingerprint density at radius 1 is 0.372 bits per heavy atom. The van der Waals surface area contributed by atoms with Gasteiger partial charge in [0.15, 0.2) is 0 Å². The minimum absolute atomic E-state index is 0.672. The van der Waals surface area contributed by atoms with Gasteiger partial charge in [0, 0.05) is 35.9 Å². The van der Waals surface area contributed by atoms with Crippen molar-refractivity contribution in [3.05, 3.63) is 153 Å². The Hall–Kier alpha value is -5.73. The standard InChI is InChI=1S/C35H25N7Si/c1-4-12-26(13-5-1)30-20-36-23-33(40-30)43(28-16-8-3-9-17-28,34-24-37-21-31(41-34)27-14-6-2-7-15-27)35-25-38-22-32(42-35)29-18-10-11-19-39-29/h1-25H. The van der Waals surface area contributed by atoms with Gasteiger partial charge < -0.3 is 0 Å². The van der Waals surface area contributed by atoms with Crippen LogP contribution in [0.1, 0.15) is 0 Å². The Labute approximate surface area is 250 Å². The molecule has 0 aliphatic rings. The highest BCUT2D eigenvalue weighted by Gasteiger charge is 2.47. The highest BCUT2D eigenvalue weighted by molar-refractivity contribution is 7.18. The van der Waals surface area contributed by atoms with Gasteiger partial charge in [-0.25, -0.2) is 0 Å². The van der Waals surface area contributed by atoms with E-state index in [1.165, 1.54) is 0 Å².